The van der Waals surface area contributed by atoms with Gasteiger partial charge in [-0.1, -0.05) is 44.2 Å². The molecule has 1 atom stereocenters. The van der Waals surface area contributed by atoms with Crippen LogP contribution in [0.25, 0.3) is 10.9 Å². The molecule has 3 rings (SSSR count). The lowest BCUT2D eigenvalue weighted by Gasteiger charge is -2.30. The Balaban J connectivity index is 1.85. The largest absolute Gasteiger partial charge is 0.356 e. The molecule has 0 aliphatic rings. The molecular weight excluding hydrogens is 428 g/mol. The van der Waals surface area contributed by atoms with Crippen LogP contribution in [0.1, 0.15) is 49.1 Å². The van der Waals surface area contributed by atoms with Crippen LogP contribution in [0.3, 0.4) is 0 Å². The Bertz CT molecular complexity index is 1140. The van der Waals surface area contributed by atoms with Crippen LogP contribution in [-0.2, 0) is 6.54 Å². The molecule has 1 heterocycles. The molecule has 33 heavy (non-hydrogen) atoms. The molecule has 0 bridgehead atoms. The summed E-state index contributed by atoms with van der Waals surface area (Å²) in [6.45, 7) is 14.7. The Morgan fingerprint density at radius 2 is 1.70 bits per heavy atom. The summed E-state index contributed by atoms with van der Waals surface area (Å²) in [5, 5.41) is 5.19. The van der Waals surface area contributed by atoms with Crippen molar-refractivity contribution in [3.63, 3.8) is 0 Å². The van der Waals surface area contributed by atoms with Gasteiger partial charge in [0.15, 0.2) is 5.11 Å². The fourth-order valence-corrected chi connectivity index (χ4v) is 4.33. The van der Waals surface area contributed by atoms with Crippen LogP contribution in [0, 0.1) is 13.8 Å². The van der Waals surface area contributed by atoms with Gasteiger partial charge in [0, 0.05) is 24.2 Å². The van der Waals surface area contributed by atoms with E-state index in [1.807, 2.05) is 30.3 Å². The van der Waals surface area contributed by atoms with Crippen molar-refractivity contribution in [2.75, 3.05) is 26.2 Å². The second kappa shape index (κ2) is 11.4. The monoisotopic (exact) mass is 464 g/mol. The molecule has 0 radical (unpaired) electrons. The first-order valence-corrected chi connectivity index (χ1v) is 12.2. The van der Waals surface area contributed by atoms with E-state index in [-0.39, 0.29) is 11.6 Å². The lowest BCUT2D eigenvalue weighted by molar-refractivity contribution is 0.262. The molecule has 1 aromatic heterocycles. The number of hydrogen-bond donors (Lipinski definition) is 2. The first-order valence-electron chi connectivity index (χ1n) is 11.8. The van der Waals surface area contributed by atoms with Crippen molar-refractivity contribution in [2.24, 2.45) is 0 Å². The number of fused-ring (bicyclic) bond motifs is 1. The number of aromatic nitrogens is 1. The second-order valence-corrected chi connectivity index (χ2v) is 9.06. The standard InChI is InChI=1S/C27H36N4OS/c1-6-30(7-2)13-14-31(27(33)28-21(5)22-11-9-8-10-12-22)18-24-17-23-15-19(3)20(4)16-25(23)29-26(24)32/h8-12,15-17,21H,6-7,13-14,18H2,1-5H3,(H,28,33)(H,29,32)/t21-/m0/s1. The van der Waals surface area contributed by atoms with Crippen LogP contribution in [-0.4, -0.2) is 46.1 Å². The van der Waals surface area contributed by atoms with Crippen molar-refractivity contribution < 1.29 is 0 Å². The first-order chi connectivity index (χ1) is 15.8. The molecule has 2 N–H and O–H groups in total. The van der Waals surface area contributed by atoms with Crippen LogP contribution in [0.2, 0.25) is 0 Å². The SMILES string of the molecule is CCN(CC)CCN(Cc1cc2cc(C)c(C)cc2[nH]c1=O)C(=S)N[C@@H](C)c1ccccc1. The van der Waals surface area contributed by atoms with E-state index in [2.05, 4.69) is 72.9 Å². The fraction of sp³-hybridized carbons (Fsp3) is 0.407. The van der Waals surface area contributed by atoms with Gasteiger partial charge in [0.1, 0.15) is 0 Å². The first kappa shape index (κ1) is 24.9. The molecule has 0 fully saturated rings. The number of thiocarbonyl (C=S) groups is 1. The summed E-state index contributed by atoms with van der Waals surface area (Å²) >= 11 is 5.84. The summed E-state index contributed by atoms with van der Waals surface area (Å²) < 4.78 is 0. The summed E-state index contributed by atoms with van der Waals surface area (Å²) in [6.07, 6.45) is 0. The maximum absolute atomic E-state index is 12.9. The second-order valence-electron chi connectivity index (χ2n) is 8.68. The Hall–Kier alpha value is -2.70. The highest BCUT2D eigenvalue weighted by Crippen LogP contribution is 2.18. The molecule has 5 nitrogen and oxygen atoms in total. The van der Waals surface area contributed by atoms with Gasteiger partial charge in [-0.25, -0.2) is 0 Å². The third kappa shape index (κ3) is 6.42. The molecule has 0 unspecified atom stereocenters. The number of likely N-dealkylation sites (N-methyl/N-ethyl adjacent to an activating group) is 1. The highest BCUT2D eigenvalue weighted by atomic mass is 32.1. The predicted molar refractivity (Wildman–Crippen MR) is 143 cm³/mol. The maximum Gasteiger partial charge on any atom is 0.253 e. The van der Waals surface area contributed by atoms with E-state index in [1.54, 1.807) is 0 Å². The third-order valence-corrected chi connectivity index (χ3v) is 6.78. The Morgan fingerprint density at radius 1 is 1.03 bits per heavy atom. The van der Waals surface area contributed by atoms with Crippen molar-refractivity contribution in [3.05, 3.63) is 81.1 Å². The highest BCUT2D eigenvalue weighted by Gasteiger charge is 2.17. The number of pyridine rings is 1. The number of nitrogens with one attached hydrogen (secondary N) is 2. The minimum atomic E-state index is -0.0579. The van der Waals surface area contributed by atoms with Crippen molar-refractivity contribution in [3.8, 4) is 0 Å². The average molecular weight is 465 g/mol. The van der Waals surface area contributed by atoms with Crippen LogP contribution >= 0.6 is 12.2 Å². The molecular formula is C27H36N4OS. The summed E-state index contributed by atoms with van der Waals surface area (Å²) in [4.78, 5) is 20.5. The van der Waals surface area contributed by atoms with Crippen LogP contribution in [0.15, 0.2) is 53.3 Å². The zero-order valence-electron chi connectivity index (χ0n) is 20.4. The van der Waals surface area contributed by atoms with Crippen LogP contribution in [0.5, 0.6) is 0 Å². The quantitative estimate of drug-likeness (QED) is 0.440. The minimum Gasteiger partial charge on any atom is -0.356 e. The predicted octanol–water partition coefficient (Wildman–Crippen LogP) is 4.92. The van der Waals surface area contributed by atoms with Crippen LogP contribution in [0.4, 0.5) is 0 Å². The summed E-state index contributed by atoms with van der Waals surface area (Å²) in [6, 6.07) is 16.5. The van der Waals surface area contributed by atoms with E-state index >= 15 is 0 Å². The Labute approximate surface area is 202 Å². The van der Waals surface area contributed by atoms with Gasteiger partial charge < -0.3 is 20.1 Å². The van der Waals surface area contributed by atoms with Gasteiger partial charge >= 0.3 is 0 Å². The van der Waals surface area contributed by atoms with Gasteiger partial charge in [0.2, 0.25) is 0 Å². The number of hydrogen-bond acceptors (Lipinski definition) is 3. The summed E-state index contributed by atoms with van der Waals surface area (Å²) in [7, 11) is 0. The van der Waals surface area contributed by atoms with Gasteiger partial charge in [-0.3, -0.25) is 4.79 Å². The van der Waals surface area contributed by atoms with Crippen molar-refractivity contribution in [1.82, 2.24) is 20.1 Å². The smallest absolute Gasteiger partial charge is 0.253 e. The van der Waals surface area contributed by atoms with Gasteiger partial charge in [-0.15, -0.1) is 0 Å². The van der Waals surface area contributed by atoms with Crippen LogP contribution < -0.4 is 10.9 Å². The molecule has 0 aliphatic heterocycles. The average Bonchev–Trinajstić information content (AvgIpc) is 2.81. The highest BCUT2D eigenvalue weighted by molar-refractivity contribution is 7.80. The maximum atomic E-state index is 12.9. The third-order valence-electron chi connectivity index (χ3n) is 6.40. The van der Waals surface area contributed by atoms with Gasteiger partial charge in [0.05, 0.1) is 12.6 Å². The summed E-state index contributed by atoms with van der Waals surface area (Å²) in [5.41, 5.74) is 5.11. The number of H-pyrrole nitrogens is 1. The molecule has 3 aromatic rings. The normalized spacial score (nSPS) is 12.2. The van der Waals surface area contributed by atoms with Crippen molar-refractivity contribution in [1.29, 1.82) is 0 Å². The number of benzene rings is 2. The minimum absolute atomic E-state index is 0.0579. The van der Waals surface area contributed by atoms with Crippen molar-refractivity contribution in [2.45, 2.75) is 47.2 Å². The number of nitrogens with zero attached hydrogens (tertiary/aromatic N) is 2. The van der Waals surface area contributed by atoms with E-state index < -0.39 is 0 Å². The molecule has 0 aliphatic carbocycles. The molecule has 0 spiro atoms. The van der Waals surface area contributed by atoms with E-state index in [1.165, 1.54) is 16.7 Å². The molecule has 6 heteroatoms. The van der Waals surface area contributed by atoms with E-state index in [4.69, 9.17) is 12.2 Å². The molecule has 0 amide bonds. The Kier molecular flexibility index (Phi) is 8.64. The van der Waals surface area contributed by atoms with Gasteiger partial charge in [-0.05, 0) is 86.4 Å². The Morgan fingerprint density at radius 3 is 2.36 bits per heavy atom. The van der Waals surface area contributed by atoms with E-state index in [0.717, 1.165) is 42.6 Å². The number of aryl methyl sites for hydroxylation is 2. The lowest BCUT2D eigenvalue weighted by atomic mass is 10.0. The molecule has 176 valence electrons. The van der Waals surface area contributed by atoms with Crippen molar-refractivity contribution >= 4 is 28.2 Å². The zero-order valence-corrected chi connectivity index (χ0v) is 21.3. The number of aromatic amines is 1. The zero-order chi connectivity index (χ0) is 24.0. The lowest BCUT2D eigenvalue weighted by Crippen LogP contribution is -2.44. The van der Waals surface area contributed by atoms with Gasteiger partial charge in [0.25, 0.3) is 5.56 Å². The molecule has 0 saturated carbocycles. The fourth-order valence-electron chi connectivity index (χ4n) is 4.00. The van der Waals surface area contributed by atoms with E-state index in [9.17, 15) is 4.79 Å². The topological polar surface area (TPSA) is 51.4 Å². The van der Waals surface area contributed by atoms with E-state index in [0.29, 0.717) is 11.7 Å². The van der Waals surface area contributed by atoms with Gasteiger partial charge in [-0.2, -0.15) is 0 Å². The molecule has 0 saturated heterocycles. The summed E-state index contributed by atoms with van der Waals surface area (Å²) in [5.74, 6) is 0. The molecule has 2 aromatic carbocycles. The number of rotatable bonds is 9.